The van der Waals surface area contributed by atoms with Crippen molar-refractivity contribution in [3.8, 4) is 156 Å². The van der Waals surface area contributed by atoms with Crippen LogP contribution in [0.5, 0.6) is 0 Å². The van der Waals surface area contributed by atoms with Gasteiger partial charge in [-0.3, -0.25) is 9.59 Å². The van der Waals surface area contributed by atoms with Crippen LogP contribution in [-0.2, 0) is 9.59 Å². The summed E-state index contributed by atoms with van der Waals surface area (Å²) in [5.41, 5.74) is 36.4. The van der Waals surface area contributed by atoms with Gasteiger partial charge in [-0.1, -0.05) is 337 Å². The van der Waals surface area contributed by atoms with E-state index in [1.165, 1.54) is 22.3 Å². The predicted molar refractivity (Wildman–Crippen MR) is 470 cm³/mol. The van der Waals surface area contributed by atoms with Gasteiger partial charge in [0, 0.05) is 20.1 Å². The van der Waals surface area contributed by atoms with Crippen molar-refractivity contribution in [3.63, 3.8) is 0 Å². The molecule has 0 heterocycles. The maximum atomic E-state index is 15.5. The number of aryl methyl sites for hydroxylation is 6. The molecule has 0 saturated carbocycles. The molecule has 16 aromatic carbocycles. The first-order chi connectivity index (χ1) is 53.6. The van der Waals surface area contributed by atoms with Crippen molar-refractivity contribution in [1.82, 2.24) is 0 Å². The van der Waals surface area contributed by atoms with Crippen LogP contribution in [0, 0.1) is 41.5 Å². The molecule has 0 fully saturated rings. The normalized spacial score (nSPS) is 11.2. The number of rotatable bonds is 16. The number of halogens is 2. The van der Waals surface area contributed by atoms with Crippen molar-refractivity contribution in [2.24, 2.45) is 0 Å². The molecule has 530 valence electrons. The molecular weight excluding hydrogens is 1470 g/mol. The average molecular weight is 1550 g/mol. The molecule has 110 heavy (non-hydrogen) atoms. The lowest BCUT2D eigenvalue weighted by molar-refractivity contribution is -0.133. The van der Waals surface area contributed by atoms with E-state index in [4.69, 9.17) is 0 Å². The largest absolute Gasteiger partial charge is 0.317 e. The smallest absolute Gasteiger partial charge is 0.314 e. The Bertz CT molecular complexity index is 5770. The molecule has 0 aliphatic carbocycles. The van der Waals surface area contributed by atoms with Crippen LogP contribution in [0.2, 0.25) is 0 Å². The van der Waals surface area contributed by atoms with Crippen molar-refractivity contribution in [1.29, 1.82) is 0 Å². The van der Waals surface area contributed by atoms with Gasteiger partial charge in [0.2, 0.25) is 0 Å². The standard InChI is InChI=1S/C104H78Br2N2O2/c1-65-17-29-73(30-18-65)77-41-49-81(50-42-77)91-57-87(71-13-9-7-10-14-71)58-92(82-51-43-78(44-52-82)74-31-19-66(2)20-32-74)99(91)89-61-95(85-37-25-69(5)26-38-85)101(96(62-89)86-39-27-70(6)28-40-86)107-103(109)104(110)108-102-97(105)63-90(64-98(102)106)100-93(83-53-45-79(46-54-83)75-33-21-67(3)22-34-75)59-88(72-15-11-8-12-16-72)60-94(100)84-55-47-80(48-56-84)76-35-23-68(4)24-36-76/h7-64H,1-6H3,(H,107,109)(H,108,110). The quantitative estimate of drug-likeness (QED) is 0.0947. The maximum Gasteiger partial charge on any atom is 0.314 e. The van der Waals surface area contributed by atoms with Gasteiger partial charge in [0.05, 0.1) is 11.4 Å². The lowest BCUT2D eigenvalue weighted by Crippen LogP contribution is -2.29. The second-order valence-electron chi connectivity index (χ2n) is 28.8. The monoisotopic (exact) mass is 1540 g/mol. The van der Waals surface area contributed by atoms with Gasteiger partial charge in [-0.15, -0.1) is 0 Å². The molecule has 0 aliphatic heterocycles. The first-order valence-corrected chi connectivity index (χ1v) is 38.8. The van der Waals surface area contributed by atoms with E-state index in [9.17, 15) is 0 Å². The van der Waals surface area contributed by atoms with Crippen molar-refractivity contribution in [3.05, 3.63) is 394 Å². The molecule has 0 radical (unpaired) electrons. The number of anilines is 2. The minimum atomic E-state index is -0.854. The van der Waals surface area contributed by atoms with Gasteiger partial charge in [0.25, 0.3) is 0 Å². The Morgan fingerprint density at radius 1 is 0.191 bits per heavy atom. The molecule has 0 aromatic heterocycles. The topological polar surface area (TPSA) is 58.2 Å². The van der Waals surface area contributed by atoms with Crippen LogP contribution in [-0.4, -0.2) is 11.8 Å². The van der Waals surface area contributed by atoms with Crippen LogP contribution in [0.1, 0.15) is 33.4 Å². The molecule has 16 aromatic rings. The molecule has 16 rings (SSSR count). The molecule has 6 heteroatoms. The molecule has 2 amide bonds. The summed E-state index contributed by atoms with van der Waals surface area (Å²) >= 11 is 7.96. The third-order valence-corrected chi connectivity index (χ3v) is 22.2. The van der Waals surface area contributed by atoms with Crippen molar-refractivity contribution >= 4 is 55.0 Å². The highest BCUT2D eigenvalue weighted by atomic mass is 79.9. The highest BCUT2D eigenvalue weighted by Crippen LogP contribution is 2.51. The van der Waals surface area contributed by atoms with Gasteiger partial charge < -0.3 is 10.6 Å². The van der Waals surface area contributed by atoms with Crippen LogP contribution < -0.4 is 10.6 Å². The third-order valence-electron chi connectivity index (χ3n) is 21.0. The molecule has 4 nitrogen and oxygen atoms in total. The van der Waals surface area contributed by atoms with E-state index in [2.05, 4.69) is 418 Å². The summed E-state index contributed by atoms with van der Waals surface area (Å²) in [4.78, 5) is 30.7. The Labute approximate surface area is 661 Å². The van der Waals surface area contributed by atoms with Crippen LogP contribution in [0.3, 0.4) is 0 Å². The minimum absolute atomic E-state index is 0.397. The van der Waals surface area contributed by atoms with Gasteiger partial charge in [-0.2, -0.15) is 0 Å². The van der Waals surface area contributed by atoms with Crippen molar-refractivity contribution in [2.45, 2.75) is 41.5 Å². The number of carbonyl (C=O) groups is 2. The van der Waals surface area contributed by atoms with Crippen LogP contribution >= 0.6 is 31.9 Å². The Hall–Kier alpha value is -12.6. The van der Waals surface area contributed by atoms with Crippen molar-refractivity contribution in [2.75, 3.05) is 10.6 Å². The highest BCUT2D eigenvalue weighted by molar-refractivity contribution is 9.11. The molecule has 2 N–H and O–H groups in total. The van der Waals surface area contributed by atoms with E-state index in [1.54, 1.807) is 0 Å². The lowest BCUT2D eigenvalue weighted by atomic mass is 9.82. The summed E-state index contributed by atoms with van der Waals surface area (Å²) in [6.45, 7) is 12.6. The van der Waals surface area contributed by atoms with E-state index in [0.717, 1.165) is 167 Å². The SMILES string of the molecule is Cc1ccc(-c2ccc(-c3cc(-c4ccccc4)cc(-c4ccc(-c5ccc(C)cc5)cc4)c3-c3cc(Br)c(NC(=O)C(=O)Nc4c(-c5ccc(C)cc5)cc(-c5c(-c6ccc(-c7ccc(C)cc7)cc6)cc(-c6ccccc6)cc5-c5ccc(-c6ccc(C)cc6)cc5)cc4-c4ccc(C)cc4)c(Br)c3)cc2)cc1. The van der Waals surface area contributed by atoms with E-state index in [0.29, 0.717) is 20.3 Å². The highest BCUT2D eigenvalue weighted by Gasteiger charge is 2.27. The Kier molecular flexibility index (Phi) is 20.4. The first kappa shape index (κ1) is 71.7. The number of hydrogen-bond acceptors (Lipinski definition) is 2. The number of nitrogens with one attached hydrogen (secondary N) is 2. The van der Waals surface area contributed by atoms with Crippen molar-refractivity contribution < 1.29 is 9.59 Å². The summed E-state index contributed by atoms with van der Waals surface area (Å²) in [5.74, 6) is -1.70. The van der Waals surface area contributed by atoms with E-state index < -0.39 is 11.8 Å². The van der Waals surface area contributed by atoms with Gasteiger partial charge >= 0.3 is 11.8 Å². The summed E-state index contributed by atoms with van der Waals surface area (Å²) in [5, 5.41) is 6.36. The fraction of sp³-hybridized carbons (Fsp3) is 0.0577. The third kappa shape index (κ3) is 15.3. The molecule has 0 bridgehead atoms. The zero-order valence-corrected chi connectivity index (χ0v) is 65.2. The zero-order valence-electron chi connectivity index (χ0n) is 62.1. The zero-order chi connectivity index (χ0) is 75.5. The first-order valence-electron chi connectivity index (χ1n) is 37.2. The fourth-order valence-corrected chi connectivity index (χ4v) is 16.2. The Morgan fingerprint density at radius 3 is 0.627 bits per heavy atom. The number of carbonyl (C=O) groups excluding carboxylic acids is 2. The summed E-state index contributed by atoms with van der Waals surface area (Å²) in [6.07, 6.45) is 0. The second-order valence-corrected chi connectivity index (χ2v) is 30.5. The molecule has 0 spiro atoms. The predicted octanol–water partition coefficient (Wildman–Crippen LogP) is 29.0. The number of benzene rings is 16. The van der Waals surface area contributed by atoms with Gasteiger partial charge in [-0.25, -0.2) is 0 Å². The molecule has 0 aliphatic rings. The molecule has 0 saturated heterocycles. The Morgan fingerprint density at radius 2 is 0.373 bits per heavy atom. The molecular formula is C104H78Br2N2O2. The number of amides is 2. The van der Waals surface area contributed by atoms with Crippen LogP contribution in [0.15, 0.2) is 361 Å². The number of hydrogen-bond donors (Lipinski definition) is 2. The molecule has 0 unspecified atom stereocenters. The summed E-state index contributed by atoms with van der Waals surface area (Å²) in [7, 11) is 0. The van der Waals surface area contributed by atoms with Crippen LogP contribution in [0.4, 0.5) is 11.4 Å². The Balaban J connectivity index is 0.826. The second kappa shape index (κ2) is 31.3. The van der Waals surface area contributed by atoms with Gasteiger partial charge in [-0.05, 0) is 267 Å². The summed E-state index contributed by atoms with van der Waals surface area (Å²) < 4.78 is 1.14. The summed E-state index contributed by atoms with van der Waals surface area (Å²) in [6, 6.07) is 126. The van der Waals surface area contributed by atoms with E-state index >= 15 is 9.59 Å². The maximum absolute atomic E-state index is 15.5. The minimum Gasteiger partial charge on any atom is -0.317 e. The van der Waals surface area contributed by atoms with E-state index in [-0.39, 0.29) is 0 Å². The average Bonchev–Trinajstić information content (AvgIpc) is 0.751. The van der Waals surface area contributed by atoms with Gasteiger partial charge in [0.1, 0.15) is 0 Å². The van der Waals surface area contributed by atoms with Gasteiger partial charge in [0.15, 0.2) is 0 Å². The lowest BCUT2D eigenvalue weighted by Gasteiger charge is -2.23. The van der Waals surface area contributed by atoms with Crippen LogP contribution in [0.25, 0.3) is 156 Å². The molecule has 0 atom stereocenters. The fourth-order valence-electron chi connectivity index (χ4n) is 14.8. The van der Waals surface area contributed by atoms with E-state index in [1.807, 2.05) is 18.2 Å².